The third kappa shape index (κ3) is 5.10. The maximum Gasteiger partial charge on any atom is 0.308 e. The maximum atomic E-state index is 13.6. The second-order valence-corrected chi connectivity index (χ2v) is 9.60. The quantitative estimate of drug-likeness (QED) is 0.374. The molecule has 0 aliphatic heterocycles. The number of rotatable bonds is 7. The Morgan fingerprint density at radius 1 is 1.09 bits per heavy atom. The number of ether oxygens (including phenoxy) is 1. The van der Waals surface area contributed by atoms with Crippen LogP contribution in [0.2, 0.25) is 0 Å². The largest absolute Gasteiger partial charge is 0.426 e. The van der Waals surface area contributed by atoms with Crippen molar-refractivity contribution in [3.05, 3.63) is 64.8 Å². The zero-order chi connectivity index (χ0) is 23.6. The van der Waals surface area contributed by atoms with Gasteiger partial charge in [0.15, 0.2) is 0 Å². The molecule has 0 amide bonds. The molecule has 0 spiro atoms. The van der Waals surface area contributed by atoms with E-state index in [0.29, 0.717) is 5.75 Å². The van der Waals surface area contributed by atoms with Crippen LogP contribution in [-0.2, 0) is 16.6 Å². The number of carbonyl (C=O) groups excluding carboxylic acids is 2. The van der Waals surface area contributed by atoms with Gasteiger partial charge in [0, 0.05) is 42.5 Å². The molecule has 0 N–H and O–H groups in total. The van der Waals surface area contributed by atoms with Crippen molar-refractivity contribution in [2.45, 2.75) is 52.9 Å². The Morgan fingerprint density at radius 2 is 1.78 bits per heavy atom. The normalized spacial score (nSPS) is 11.9. The zero-order valence-electron chi connectivity index (χ0n) is 20.3. The standard InChI is InChI=1S/C27H34N2O3/c1-18-14-19(2)26(24(15-18)32-20(3)30)27(4,5)16-25(31)29-17-21(12-13-28(6)7)22-10-8-9-11-23(22)29/h8-11,14-15,17H,12-13,16H2,1-7H3. The number of esters is 1. The van der Waals surface area contributed by atoms with Crippen LogP contribution in [0.5, 0.6) is 5.75 Å². The highest BCUT2D eigenvalue weighted by molar-refractivity contribution is 5.95. The molecule has 0 saturated carbocycles. The predicted octanol–water partition coefficient (Wildman–Crippen LogP) is 5.30. The number of para-hydroxylation sites is 1. The maximum absolute atomic E-state index is 13.6. The molecule has 0 aliphatic carbocycles. The van der Waals surface area contributed by atoms with Crippen molar-refractivity contribution >= 4 is 22.8 Å². The number of nitrogens with zero attached hydrogens (tertiary/aromatic N) is 2. The van der Waals surface area contributed by atoms with E-state index in [2.05, 4.69) is 31.1 Å². The molecule has 5 nitrogen and oxygen atoms in total. The number of fused-ring (bicyclic) bond motifs is 1. The molecule has 0 unspecified atom stereocenters. The fourth-order valence-corrected chi connectivity index (χ4v) is 4.58. The van der Waals surface area contributed by atoms with Gasteiger partial charge in [0.1, 0.15) is 5.75 Å². The molecule has 170 valence electrons. The van der Waals surface area contributed by atoms with Crippen molar-refractivity contribution in [2.24, 2.45) is 0 Å². The summed E-state index contributed by atoms with van der Waals surface area (Å²) >= 11 is 0. The van der Waals surface area contributed by atoms with Crippen molar-refractivity contribution in [3.63, 3.8) is 0 Å². The summed E-state index contributed by atoms with van der Waals surface area (Å²) < 4.78 is 7.34. The Labute approximate surface area is 191 Å². The molecule has 0 atom stereocenters. The van der Waals surface area contributed by atoms with Crippen molar-refractivity contribution in [1.82, 2.24) is 9.47 Å². The molecule has 0 saturated heterocycles. The molecule has 0 aliphatic rings. The first kappa shape index (κ1) is 23.7. The van der Waals surface area contributed by atoms with Crippen molar-refractivity contribution < 1.29 is 14.3 Å². The molecule has 1 aromatic heterocycles. The van der Waals surface area contributed by atoms with E-state index >= 15 is 0 Å². The summed E-state index contributed by atoms with van der Waals surface area (Å²) in [5, 5.41) is 1.12. The average Bonchev–Trinajstić information content (AvgIpc) is 3.03. The fourth-order valence-electron chi connectivity index (χ4n) is 4.58. The zero-order valence-corrected chi connectivity index (χ0v) is 20.3. The molecule has 0 bridgehead atoms. The lowest BCUT2D eigenvalue weighted by Crippen LogP contribution is -2.27. The molecule has 0 fully saturated rings. The van der Waals surface area contributed by atoms with E-state index in [0.717, 1.165) is 40.6 Å². The monoisotopic (exact) mass is 434 g/mol. The fraction of sp³-hybridized carbons (Fsp3) is 0.407. The number of likely N-dealkylation sites (N-methyl/N-ethyl adjacent to an activating group) is 1. The topological polar surface area (TPSA) is 51.5 Å². The number of hydrogen-bond acceptors (Lipinski definition) is 4. The first-order chi connectivity index (χ1) is 15.0. The Morgan fingerprint density at radius 3 is 2.44 bits per heavy atom. The molecule has 3 rings (SSSR count). The molecule has 2 aromatic carbocycles. The molecule has 1 heterocycles. The first-order valence-electron chi connectivity index (χ1n) is 11.1. The van der Waals surface area contributed by atoms with Crippen LogP contribution in [-0.4, -0.2) is 42.0 Å². The molecular formula is C27H34N2O3. The van der Waals surface area contributed by atoms with E-state index < -0.39 is 5.41 Å². The number of hydrogen-bond donors (Lipinski definition) is 0. The van der Waals surface area contributed by atoms with E-state index in [-0.39, 0.29) is 18.3 Å². The highest BCUT2D eigenvalue weighted by atomic mass is 16.5. The number of benzene rings is 2. The highest BCUT2D eigenvalue weighted by Crippen LogP contribution is 2.38. The molecule has 0 radical (unpaired) electrons. The van der Waals surface area contributed by atoms with E-state index in [1.54, 1.807) is 4.57 Å². The van der Waals surface area contributed by atoms with Gasteiger partial charge in [0.05, 0.1) is 5.52 Å². The molecule has 5 heteroatoms. The van der Waals surface area contributed by atoms with Crippen molar-refractivity contribution in [2.75, 3.05) is 20.6 Å². The number of carbonyl (C=O) groups is 2. The SMILES string of the molecule is CC(=O)Oc1cc(C)cc(C)c1C(C)(C)CC(=O)n1cc(CCN(C)C)c2ccccc21. The molecule has 3 aromatic rings. The third-order valence-corrected chi connectivity index (χ3v) is 5.86. The summed E-state index contributed by atoms with van der Waals surface area (Å²) in [5.41, 5.74) is 4.52. The van der Waals surface area contributed by atoms with Gasteiger partial charge in [-0.2, -0.15) is 0 Å². The van der Waals surface area contributed by atoms with Crippen LogP contribution in [0.15, 0.2) is 42.6 Å². The van der Waals surface area contributed by atoms with E-state index in [1.165, 1.54) is 12.5 Å². The summed E-state index contributed by atoms with van der Waals surface area (Å²) in [4.78, 5) is 27.4. The first-order valence-corrected chi connectivity index (χ1v) is 11.1. The van der Waals surface area contributed by atoms with Crippen LogP contribution in [0, 0.1) is 13.8 Å². The van der Waals surface area contributed by atoms with Crippen LogP contribution < -0.4 is 4.74 Å². The van der Waals surface area contributed by atoms with Gasteiger partial charge in [0.25, 0.3) is 0 Å². The van der Waals surface area contributed by atoms with Crippen LogP contribution in [0.4, 0.5) is 0 Å². The van der Waals surface area contributed by atoms with Gasteiger partial charge < -0.3 is 9.64 Å². The lowest BCUT2D eigenvalue weighted by molar-refractivity contribution is -0.131. The lowest BCUT2D eigenvalue weighted by Gasteiger charge is -2.29. The highest BCUT2D eigenvalue weighted by Gasteiger charge is 2.31. The third-order valence-electron chi connectivity index (χ3n) is 5.86. The Hall–Kier alpha value is -2.92. The average molecular weight is 435 g/mol. The predicted molar refractivity (Wildman–Crippen MR) is 130 cm³/mol. The van der Waals surface area contributed by atoms with Gasteiger partial charge in [-0.1, -0.05) is 38.1 Å². The van der Waals surface area contributed by atoms with Crippen molar-refractivity contribution in [1.29, 1.82) is 0 Å². The van der Waals surface area contributed by atoms with Crippen LogP contribution >= 0.6 is 0 Å². The van der Waals surface area contributed by atoms with Gasteiger partial charge in [-0.25, -0.2) is 0 Å². The summed E-state index contributed by atoms with van der Waals surface area (Å²) in [7, 11) is 4.11. The minimum Gasteiger partial charge on any atom is -0.426 e. The molecular weight excluding hydrogens is 400 g/mol. The van der Waals surface area contributed by atoms with E-state index in [4.69, 9.17) is 4.74 Å². The Balaban J connectivity index is 1.99. The van der Waals surface area contributed by atoms with Gasteiger partial charge in [-0.05, 0) is 63.2 Å². The summed E-state index contributed by atoms with van der Waals surface area (Å²) in [6.07, 6.45) is 3.16. The summed E-state index contributed by atoms with van der Waals surface area (Å²) in [5.74, 6) is 0.202. The van der Waals surface area contributed by atoms with Gasteiger partial charge in [0.2, 0.25) is 5.91 Å². The minimum absolute atomic E-state index is 0.0241. The van der Waals surface area contributed by atoms with Crippen LogP contribution in [0.1, 0.15) is 54.2 Å². The van der Waals surface area contributed by atoms with Crippen LogP contribution in [0.3, 0.4) is 0 Å². The van der Waals surface area contributed by atoms with Gasteiger partial charge in [-0.15, -0.1) is 0 Å². The van der Waals surface area contributed by atoms with E-state index in [1.807, 2.05) is 58.2 Å². The summed E-state index contributed by atoms with van der Waals surface area (Å²) in [6.45, 7) is 10.4. The van der Waals surface area contributed by atoms with Crippen molar-refractivity contribution in [3.8, 4) is 5.75 Å². The van der Waals surface area contributed by atoms with Crippen LogP contribution in [0.25, 0.3) is 10.9 Å². The number of aromatic nitrogens is 1. The molecule has 32 heavy (non-hydrogen) atoms. The van der Waals surface area contributed by atoms with Gasteiger partial charge in [-0.3, -0.25) is 14.2 Å². The Kier molecular flexibility index (Phi) is 6.89. The van der Waals surface area contributed by atoms with E-state index in [9.17, 15) is 9.59 Å². The minimum atomic E-state index is -0.519. The second kappa shape index (κ2) is 9.29. The smallest absolute Gasteiger partial charge is 0.308 e. The van der Waals surface area contributed by atoms with Gasteiger partial charge >= 0.3 is 5.97 Å². The summed E-state index contributed by atoms with van der Waals surface area (Å²) in [6, 6.07) is 12.0. The lowest BCUT2D eigenvalue weighted by atomic mass is 9.78. The second-order valence-electron chi connectivity index (χ2n) is 9.60. The number of aryl methyl sites for hydroxylation is 2. The Bertz CT molecular complexity index is 1160.